The van der Waals surface area contributed by atoms with E-state index in [9.17, 15) is 9.59 Å². The van der Waals surface area contributed by atoms with Crippen LogP contribution in [-0.2, 0) is 16.0 Å². The van der Waals surface area contributed by atoms with Gasteiger partial charge in [0.2, 0.25) is 11.8 Å². The maximum atomic E-state index is 12.0. The molecule has 23 heavy (non-hydrogen) atoms. The summed E-state index contributed by atoms with van der Waals surface area (Å²) in [4.78, 5) is 25.6. The van der Waals surface area contributed by atoms with Crippen molar-refractivity contribution in [2.75, 3.05) is 26.7 Å². The number of hydrogen-bond donors (Lipinski definition) is 2. The number of carbonyl (C=O) groups excluding carboxylic acids is 2. The molecule has 0 bridgehead atoms. The summed E-state index contributed by atoms with van der Waals surface area (Å²) in [7, 11) is 1.80. The van der Waals surface area contributed by atoms with Crippen LogP contribution in [0.2, 0.25) is 0 Å². The fraction of sp³-hybridized carbons (Fsp3) is 0.529. The zero-order chi connectivity index (χ0) is 15.9. The lowest BCUT2D eigenvalue weighted by molar-refractivity contribution is -0.133. The summed E-state index contributed by atoms with van der Waals surface area (Å²) in [6.45, 7) is 3.91. The van der Waals surface area contributed by atoms with Gasteiger partial charge in [-0.15, -0.1) is 12.4 Å². The zero-order valence-electron chi connectivity index (χ0n) is 13.8. The van der Waals surface area contributed by atoms with E-state index in [4.69, 9.17) is 0 Å². The molecule has 6 heteroatoms. The highest BCUT2D eigenvalue weighted by Crippen LogP contribution is 2.07. The van der Waals surface area contributed by atoms with Gasteiger partial charge in [0.25, 0.3) is 0 Å². The molecule has 2 rings (SSSR count). The van der Waals surface area contributed by atoms with Crippen LogP contribution >= 0.6 is 12.4 Å². The van der Waals surface area contributed by atoms with E-state index in [0.717, 1.165) is 25.1 Å². The van der Waals surface area contributed by atoms with Gasteiger partial charge >= 0.3 is 0 Å². The monoisotopic (exact) mass is 339 g/mol. The van der Waals surface area contributed by atoms with Crippen molar-refractivity contribution in [2.45, 2.75) is 32.2 Å². The quantitative estimate of drug-likeness (QED) is 0.821. The average Bonchev–Trinajstić information content (AvgIpc) is 3.05. The molecule has 1 fully saturated rings. The summed E-state index contributed by atoms with van der Waals surface area (Å²) >= 11 is 0. The van der Waals surface area contributed by atoms with Gasteiger partial charge in [0, 0.05) is 26.1 Å². The first-order valence-electron chi connectivity index (χ1n) is 7.85. The lowest BCUT2D eigenvalue weighted by atomic mass is 10.1. The molecular weight excluding hydrogens is 314 g/mol. The Balaban J connectivity index is 0.00000264. The van der Waals surface area contributed by atoms with E-state index in [-0.39, 0.29) is 36.8 Å². The molecule has 1 aromatic rings. The van der Waals surface area contributed by atoms with Crippen molar-refractivity contribution >= 4 is 24.2 Å². The van der Waals surface area contributed by atoms with Crippen molar-refractivity contribution in [3.05, 3.63) is 35.4 Å². The minimum Gasteiger partial charge on any atom is -0.347 e. The lowest BCUT2D eigenvalue weighted by Gasteiger charge is -2.23. The van der Waals surface area contributed by atoms with E-state index in [0.29, 0.717) is 12.8 Å². The van der Waals surface area contributed by atoms with Crippen molar-refractivity contribution in [3.63, 3.8) is 0 Å². The van der Waals surface area contributed by atoms with Crippen LogP contribution in [0.5, 0.6) is 0 Å². The van der Waals surface area contributed by atoms with Crippen molar-refractivity contribution in [3.8, 4) is 0 Å². The molecule has 1 aromatic carbocycles. The summed E-state index contributed by atoms with van der Waals surface area (Å²) in [5, 5.41) is 5.95. The number of hydrogen-bond acceptors (Lipinski definition) is 3. The molecule has 0 aliphatic carbocycles. The molecule has 0 saturated carbocycles. The Morgan fingerprint density at radius 1 is 1.30 bits per heavy atom. The van der Waals surface area contributed by atoms with Crippen LogP contribution in [0.1, 0.15) is 24.0 Å². The van der Waals surface area contributed by atoms with Gasteiger partial charge in [-0.25, -0.2) is 0 Å². The number of carbonyl (C=O) groups is 2. The molecular formula is C17H26ClN3O2. The molecule has 1 atom stereocenters. The first kappa shape index (κ1) is 19.5. The van der Waals surface area contributed by atoms with Gasteiger partial charge in [0.15, 0.2) is 0 Å². The van der Waals surface area contributed by atoms with Gasteiger partial charge in [-0.3, -0.25) is 9.59 Å². The SMILES string of the molecule is Cc1ccc(CCC(=O)NCC(=O)N(C)C2CCNC2)cc1.Cl. The molecule has 0 spiro atoms. The second kappa shape index (κ2) is 9.53. The lowest BCUT2D eigenvalue weighted by Crippen LogP contribution is -2.44. The minimum absolute atomic E-state index is 0. The second-order valence-corrected chi connectivity index (χ2v) is 5.91. The average molecular weight is 340 g/mol. The van der Waals surface area contributed by atoms with Crippen molar-refractivity contribution in [1.29, 1.82) is 0 Å². The molecule has 0 radical (unpaired) electrons. The van der Waals surface area contributed by atoms with Crippen LogP contribution in [0.25, 0.3) is 0 Å². The second-order valence-electron chi connectivity index (χ2n) is 5.91. The number of likely N-dealkylation sites (N-methyl/N-ethyl adjacent to an activating group) is 1. The third-order valence-corrected chi connectivity index (χ3v) is 4.17. The van der Waals surface area contributed by atoms with E-state index >= 15 is 0 Å². The third kappa shape index (κ3) is 6.20. The van der Waals surface area contributed by atoms with Gasteiger partial charge in [0.05, 0.1) is 6.54 Å². The highest BCUT2D eigenvalue weighted by molar-refractivity contribution is 5.85. The van der Waals surface area contributed by atoms with Crippen LogP contribution in [0, 0.1) is 6.92 Å². The Morgan fingerprint density at radius 3 is 2.61 bits per heavy atom. The van der Waals surface area contributed by atoms with Crippen LogP contribution in [-0.4, -0.2) is 49.4 Å². The zero-order valence-corrected chi connectivity index (χ0v) is 14.6. The van der Waals surface area contributed by atoms with Crippen molar-refractivity contribution in [2.24, 2.45) is 0 Å². The molecule has 2 N–H and O–H groups in total. The number of rotatable bonds is 6. The molecule has 2 amide bonds. The van der Waals surface area contributed by atoms with E-state index in [1.165, 1.54) is 5.56 Å². The number of amides is 2. The minimum atomic E-state index is -0.0770. The highest BCUT2D eigenvalue weighted by Gasteiger charge is 2.23. The van der Waals surface area contributed by atoms with Crippen molar-refractivity contribution in [1.82, 2.24) is 15.5 Å². The Bertz CT molecular complexity index is 513. The van der Waals surface area contributed by atoms with Crippen LogP contribution in [0.15, 0.2) is 24.3 Å². The number of aryl methyl sites for hydroxylation is 2. The van der Waals surface area contributed by atoms with Gasteiger partial charge in [-0.1, -0.05) is 29.8 Å². The number of benzene rings is 1. The van der Waals surface area contributed by atoms with Crippen LogP contribution in [0.3, 0.4) is 0 Å². The molecule has 5 nitrogen and oxygen atoms in total. The van der Waals surface area contributed by atoms with E-state index in [1.807, 2.05) is 31.2 Å². The first-order chi connectivity index (χ1) is 10.6. The maximum absolute atomic E-state index is 12.0. The summed E-state index contributed by atoms with van der Waals surface area (Å²) in [5.41, 5.74) is 2.35. The normalized spacial score (nSPS) is 16.5. The molecule has 0 aromatic heterocycles. The Kier molecular flexibility index (Phi) is 8.06. The van der Waals surface area contributed by atoms with Gasteiger partial charge in [-0.2, -0.15) is 0 Å². The summed E-state index contributed by atoms with van der Waals surface area (Å²) in [6, 6.07) is 8.41. The molecule has 1 heterocycles. The molecule has 1 saturated heterocycles. The molecule has 1 unspecified atom stereocenters. The number of nitrogens with zero attached hydrogens (tertiary/aromatic N) is 1. The van der Waals surface area contributed by atoms with Crippen LogP contribution in [0.4, 0.5) is 0 Å². The highest BCUT2D eigenvalue weighted by atomic mass is 35.5. The summed E-state index contributed by atoms with van der Waals surface area (Å²) in [6.07, 6.45) is 2.08. The summed E-state index contributed by atoms with van der Waals surface area (Å²) in [5.74, 6) is -0.107. The smallest absolute Gasteiger partial charge is 0.242 e. The standard InChI is InChI=1S/C17H25N3O2.ClH/c1-13-3-5-14(6-4-13)7-8-16(21)19-12-17(22)20(2)15-9-10-18-11-15;/h3-6,15,18H,7-12H2,1-2H3,(H,19,21);1H. The number of halogens is 1. The summed E-state index contributed by atoms with van der Waals surface area (Å²) < 4.78 is 0. The predicted molar refractivity (Wildman–Crippen MR) is 93.8 cm³/mol. The molecule has 128 valence electrons. The molecule has 1 aliphatic rings. The van der Waals surface area contributed by atoms with Gasteiger partial charge < -0.3 is 15.5 Å². The van der Waals surface area contributed by atoms with E-state index < -0.39 is 0 Å². The third-order valence-electron chi connectivity index (χ3n) is 4.17. The number of nitrogens with one attached hydrogen (secondary N) is 2. The van der Waals surface area contributed by atoms with E-state index in [2.05, 4.69) is 10.6 Å². The fourth-order valence-corrected chi connectivity index (χ4v) is 2.57. The van der Waals surface area contributed by atoms with E-state index in [1.54, 1.807) is 11.9 Å². The largest absolute Gasteiger partial charge is 0.347 e. The Morgan fingerprint density at radius 2 is 2.00 bits per heavy atom. The first-order valence-corrected chi connectivity index (χ1v) is 7.85. The topological polar surface area (TPSA) is 61.4 Å². The maximum Gasteiger partial charge on any atom is 0.242 e. The Labute approximate surface area is 144 Å². The van der Waals surface area contributed by atoms with Crippen LogP contribution < -0.4 is 10.6 Å². The fourth-order valence-electron chi connectivity index (χ4n) is 2.57. The molecule has 1 aliphatic heterocycles. The van der Waals surface area contributed by atoms with Gasteiger partial charge in [0.1, 0.15) is 0 Å². The van der Waals surface area contributed by atoms with Gasteiger partial charge in [-0.05, 0) is 31.9 Å². The predicted octanol–water partition coefficient (Wildman–Crippen LogP) is 1.29. The van der Waals surface area contributed by atoms with Crippen molar-refractivity contribution < 1.29 is 9.59 Å². The Hall–Kier alpha value is -1.59.